The van der Waals surface area contributed by atoms with Crippen molar-refractivity contribution >= 4 is 38.9 Å². The van der Waals surface area contributed by atoms with E-state index in [9.17, 15) is 0 Å². The molecule has 0 amide bonds. The maximum Gasteiger partial charge on any atom is 0.147 e. The Morgan fingerprint density at radius 3 is 2.62 bits per heavy atom. The monoisotopic (exact) mass is 316 g/mol. The van der Waals surface area contributed by atoms with E-state index in [-0.39, 0.29) is 5.38 Å². The van der Waals surface area contributed by atoms with E-state index in [4.69, 9.17) is 11.6 Å². The van der Waals surface area contributed by atoms with Crippen LogP contribution in [0.4, 0.5) is 0 Å². The number of aromatic nitrogens is 2. The van der Waals surface area contributed by atoms with Crippen LogP contribution in [0.5, 0.6) is 0 Å². The molecule has 0 spiro atoms. The van der Waals surface area contributed by atoms with Crippen LogP contribution in [0.25, 0.3) is 10.6 Å². The first-order chi connectivity index (χ1) is 7.56. The zero-order chi connectivity index (χ0) is 11.7. The molecule has 1 unspecified atom stereocenters. The molecule has 5 heteroatoms. The van der Waals surface area contributed by atoms with Crippen LogP contribution in [-0.2, 0) is 0 Å². The zero-order valence-electron chi connectivity index (χ0n) is 8.87. The van der Waals surface area contributed by atoms with Crippen molar-refractivity contribution in [1.29, 1.82) is 0 Å². The molecule has 0 N–H and O–H groups in total. The number of benzene rings is 1. The Morgan fingerprint density at radius 2 is 2.06 bits per heavy atom. The Labute approximate surface area is 112 Å². The van der Waals surface area contributed by atoms with Crippen molar-refractivity contribution in [1.82, 2.24) is 10.2 Å². The fourth-order valence-corrected chi connectivity index (χ4v) is 2.92. The molecule has 0 saturated carbocycles. The van der Waals surface area contributed by atoms with Gasteiger partial charge in [-0.15, -0.1) is 21.8 Å². The maximum atomic E-state index is 5.97. The van der Waals surface area contributed by atoms with Gasteiger partial charge in [0.05, 0.1) is 5.38 Å². The van der Waals surface area contributed by atoms with E-state index in [0.717, 1.165) is 20.1 Å². The SMILES string of the molecule is Cc1cc(Br)cc(-c2nnc(C(C)Cl)s2)c1. The average molecular weight is 318 g/mol. The Balaban J connectivity index is 2.42. The summed E-state index contributed by atoms with van der Waals surface area (Å²) in [6, 6.07) is 6.19. The molecule has 0 fully saturated rings. The van der Waals surface area contributed by atoms with E-state index in [1.54, 1.807) is 0 Å². The minimum atomic E-state index is -0.0838. The van der Waals surface area contributed by atoms with Crippen LogP contribution in [0, 0.1) is 6.92 Å². The number of rotatable bonds is 2. The maximum absolute atomic E-state index is 5.97. The van der Waals surface area contributed by atoms with Gasteiger partial charge in [-0.1, -0.05) is 27.3 Å². The molecule has 2 aromatic rings. The standard InChI is InChI=1S/C11H10BrClN2S/c1-6-3-8(5-9(12)4-6)11-15-14-10(16-11)7(2)13/h3-5,7H,1-2H3. The van der Waals surface area contributed by atoms with Gasteiger partial charge in [0, 0.05) is 10.0 Å². The van der Waals surface area contributed by atoms with Crippen molar-refractivity contribution in [2.24, 2.45) is 0 Å². The van der Waals surface area contributed by atoms with Crippen LogP contribution < -0.4 is 0 Å². The molecule has 1 atom stereocenters. The lowest BCUT2D eigenvalue weighted by molar-refractivity contribution is 0.962. The van der Waals surface area contributed by atoms with E-state index in [2.05, 4.69) is 45.2 Å². The summed E-state index contributed by atoms with van der Waals surface area (Å²) in [6.07, 6.45) is 0. The molecule has 0 aliphatic rings. The summed E-state index contributed by atoms with van der Waals surface area (Å²) in [5.41, 5.74) is 2.27. The summed E-state index contributed by atoms with van der Waals surface area (Å²) in [5.74, 6) is 0. The molecule has 2 nitrogen and oxygen atoms in total. The summed E-state index contributed by atoms with van der Waals surface area (Å²) >= 11 is 11.0. The largest absolute Gasteiger partial charge is 0.147 e. The molecule has 16 heavy (non-hydrogen) atoms. The third-order valence-corrected chi connectivity index (χ3v) is 4.02. The molecule has 0 radical (unpaired) electrons. The molecular weight excluding hydrogens is 308 g/mol. The molecular formula is C11H10BrClN2S. The van der Waals surface area contributed by atoms with Crippen LogP contribution in [0.3, 0.4) is 0 Å². The Bertz CT molecular complexity index is 490. The van der Waals surface area contributed by atoms with Crippen molar-refractivity contribution in [3.63, 3.8) is 0 Å². The molecule has 1 heterocycles. The van der Waals surface area contributed by atoms with Gasteiger partial charge in [-0.3, -0.25) is 0 Å². The molecule has 1 aromatic carbocycles. The molecule has 1 aromatic heterocycles. The van der Waals surface area contributed by atoms with Crippen LogP contribution in [0.2, 0.25) is 0 Å². The second-order valence-electron chi connectivity index (χ2n) is 3.58. The highest BCUT2D eigenvalue weighted by Crippen LogP contribution is 2.31. The highest BCUT2D eigenvalue weighted by atomic mass is 79.9. The molecule has 0 aliphatic heterocycles. The normalized spacial score (nSPS) is 12.8. The summed E-state index contributed by atoms with van der Waals surface area (Å²) < 4.78 is 1.05. The lowest BCUT2D eigenvalue weighted by atomic mass is 10.1. The van der Waals surface area contributed by atoms with Gasteiger partial charge in [-0.05, 0) is 37.6 Å². The van der Waals surface area contributed by atoms with Gasteiger partial charge >= 0.3 is 0 Å². The predicted molar refractivity (Wildman–Crippen MR) is 72.1 cm³/mol. The lowest BCUT2D eigenvalue weighted by Crippen LogP contribution is -1.81. The number of halogens is 2. The van der Waals surface area contributed by atoms with E-state index in [1.165, 1.54) is 16.9 Å². The van der Waals surface area contributed by atoms with Crippen molar-refractivity contribution in [2.45, 2.75) is 19.2 Å². The van der Waals surface area contributed by atoms with E-state index in [1.807, 2.05) is 13.0 Å². The minimum Gasteiger partial charge on any atom is -0.142 e. The fraction of sp³-hybridized carbons (Fsp3) is 0.273. The molecule has 84 valence electrons. The number of hydrogen-bond donors (Lipinski definition) is 0. The first-order valence-electron chi connectivity index (χ1n) is 4.81. The predicted octanol–water partition coefficient (Wildman–Crippen LogP) is 4.58. The minimum absolute atomic E-state index is 0.0838. The second-order valence-corrected chi connectivity index (χ2v) is 6.16. The van der Waals surface area contributed by atoms with Crippen LogP contribution in [0.1, 0.15) is 22.9 Å². The Kier molecular flexibility index (Phi) is 3.62. The second kappa shape index (κ2) is 4.82. The highest BCUT2D eigenvalue weighted by molar-refractivity contribution is 9.10. The lowest BCUT2D eigenvalue weighted by Gasteiger charge is -1.99. The van der Waals surface area contributed by atoms with Crippen LogP contribution >= 0.6 is 38.9 Å². The van der Waals surface area contributed by atoms with Crippen molar-refractivity contribution in [2.75, 3.05) is 0 Å². The molecule has 0 aliphatic carbocycles. The van der Waals surface area contributed by atoms with Gasteiger partial charge in [0.25, 0.3) is 0 Å². The highest BCUT2D eigenvalue weighted by Gasteiger charge is 2.11. The quantitative estimate of drug-likeness (QED) is 0.758. The van der Waals surface area contributed by atoms with Crippen LogP contribution in [-0.4, -0.2) is 10.2 Å². The van der Waals surface area contributed by atoms with Crippen molar-refractivity contribution in [3.8, 4) is 10.6 Å². The van der Waals surface area contributed by atoms with Gasteiger partial charge in [-0.2, -0.15) is 0 Å². The van der Waals surface area contributed by atoms with Gasteiger partial charge in [0.2, 0.25) is 0 Å². The number of alkyl halides is 1. The van der Waals surface area contributed by atoms with E-state index in [0.29, 0.717) is 0 Å². The third-order valence-electron chi connectivity index (χ3n) is 2.07. The smallest absolute Gasteiger partial charge is 0.142 e. The van der Waals surface area contributed by atoms with Crippen molar-refractivity contribution in [3.05, 3.63) is 33.2 Å². The third kappa shape index (κ3) is 2.62. The van der Waals surface area contributed by atoms with Gasteiger partial charge in [0.15, 0.2) is 0 Å². The Morgan fingerprint density at radius 1 is 1.31 bits per heavy atom. The number of nitrogens with zero attached hydrogens (tertiary/aromatic N) is 2. The topological polar surface area (TPSA) is 25.8 Å². The van der Waals surface area contributed by atoms with E-state index >= 15 is 0 Å². The fourth-order valence-electron chi connectivity index (χ4n) is 1.37. The summed E-state index contributed by atoms with van der Waals surface area (Å²) in [5, 5.41) is 9.91. The zero-order valence-corrected chi connectivity index (χ0v) is 12.0. The summed E-state index contributed by atoms with van der Waals surface area (Å²) in [7, 11) is 0. The average Bonchev–Trinajstić information content (AvgIpc) is 2.64. The number of hydrogen-bond acceptors (Lipinski definition) is 3. The first kappa shape index (κ1) is 12.0. The van der Waals surface area contributed by atoms with Gasteiger partial charge in [0.1, 0.15) is 10.0 Å². The Hall–Kier alpha value is -0.450. The number of aryl methyl sites for hydroxylation is 1. The first-order valence-corrected chi connectivity index (χ1v) is 6.86. The van der Waals surface area contributed by atoms with Crippen molar-refractivity contribution < 1.29 is 0 Å². The molecule has 2 rings (SSSR count). The summed E-state index contributed by atoms with van der Waals surface area (Å²) in [4.78, 5) is 0. The molecule has 0 saturated heterocycles. The van der Waals surface area contributed by atoms with Gasteiger partial charge in [-0.25, -0.2) is 0 Å². The summed E-state index contributed by atoms with van der Waals surface area (Å²) in [6.45, 7) is 3.96. The van der Waals surface area contributed by atoms with Gasteiger partial charge < -0.3 is 0 Å². The van der Waals surface area contributed by atoms with E-state index < -0.39 is 0 Å². The molecule has 0 bridgehead atoms. The van der Waals surface area contributed by atoms with Crippen LogP contribution in [0.15, 0.2) is 22.7 Å².